The Hall–Kier alpha value is -1.87. The summed E-state index contributed by atoms with van der Waals surface area (Å²) >= 11 is 2.52. The topological polar surface area (TPSA) is 111 Å². The average molecular weight is 340 g/mol. The van der Waals surface area contributed by atoms with Crippen molar-refractivity contribution in [1.29, 1.82) is 0 Å². The van der Waals surface area contributed by atoms with Crippen molar-refractivity contribution in [1.82, 2.24) is 15.2 Å². The lowest BCUT2D eigenvalue weighted by Gasteiger charge is -2.07. The number of hydrogen-bond acceptors (Lipinski definition) is 8. The second-order valence-electron chi connectivity index (χ2n) is 4.65. The molecule has 0 fully saturated rings. The molecule has 9 heteroatoms. The van der Waals surface area contributed by atoms with Crippen molar-refractivity contribution in [3.8, 4) is 0 Å². The number of carbonyl (C=O) groups excluding carboxylic acids is 2. The van der Waals surface area contributed by atoms with Gasteiger partial charge < -0.3 is 15.5 Å². The van der Waals surface area contributed by atoms with E-state index in [1.165, 1.54) is 30.2 Å². The summed E-state index contributed by atoms with van der Waals surface area (Å²) in [5.41, 5.74) is 7.56. The van der Waals surface area contributed by atoms with Crippen molar-refractivity contribution >= 4 is 40.0 Å². The number of ketones is 1. The summed E-state index contributed by atoms with van der Waals surface area (Å²) in [6.45, 7) is 5.24. The largest absolute Gasteiger partial charge is 0.465 e. The Labute approximate surface area is 135 Å². The highest BCUT2D eigenvalue weighted by Crippen LogP contribution is 2.30. The van der Waals surface area contributed by atoms with Gasteiger partial charge in [0.05, 0.1) is 23.6 Å². The molecule has 3 N–H and O–H groups in total. The minimum absolute atomic E-state index is 0.116. The third-order valence-corrected chi connectivity index (χ3v) is 5.08. The third-order valence-electron chi connectivity index (χ3n) is 3.14. The molecule has 2 aromatic heterocycles. The third kappa shape index (κ3) is 3.14. The Balaban J connectivity index is 2.24. The highest BCUT2D eigenvalue weighted by atomic mass is 32.2. The first-order valence-corrected chi connectivity index (χ1v) is 8.12. The van der Waals surface area contributed by atoms with Crippen LogP contribution in [0.25, 0.3) is 0 Å². The van der Waals surface area contributed by atoms with Crippen molar-refractivity contribution < 1.29 is 14.3 Å². The van der Waals surface area contributed by atoms with E-state index in [9.17, 15) is 9.59 Å². The Kier molecular flexibility index (Phi) is 4.87. The number of esters is 1. The molecular weight excluding hydrogens is 324 g/mol. The number of methoxy groups -OCH3 is 1. The molecule has 0 aliphatic carbocycles. The molecule has 0 unspecified atom stereocenters. The van der Waals surface area contributed by atoms with Crippen molar-refractivity contribution in [2.24, 2.45) is 0 Å². The van der Waals surface area contributed by atoms with Crippen LogP contribution in [-0.2, 0) is 4.74 Å². The fourth-order valence-electron chi connectivity index (χ4n) is 2.08. The monoisotopic (exact) mass is 340 g/mol. The molecule has 2 heterocycles. The van der Waals surface area contributed by atoms with Crippen molar-refractivity contribution in [2.75, 3.05) is 12.8 Å². The van der Waals surface area contributed by atoms with Crippen LogP contribution < -0.4 is 5.73 Å². The number of aryl methyl sites for hydroxylation is 1. The molecule has 22 heavy (non-hydrogen) atoms. The van der Waals surface area contributed by atoms with Gasteiger partial charge in [-0.15, -0.1) is 10.2 Å². The molecule has 2 aromatic rings. The number of rotatable bonds is 5. The highest BCUT2D eigenvalue weighted by Gasteiger charge is 2.26. The molecule has 0 aromatic carbocycles. The standard InChI is InChI=1S/C13H16N4O3S2/c1-5-8(11(19)20-4)6(2)15-9(5)10(18)7(3)21-13-17-16-12(14)22-13/h7,15H,1-4H3,(H2,14,16)/t7-/m1/s1. The SMILES string of the molecule is COC(=O)c1c(C)[nH]c(C(=O)[C@@H](C)Sc2nnc(N)s2)c1C. The maximum absolute atomic E-state index is 12.6. The lowest BCUT2D eigenvalue weighted by atomic mass is 10.1. The van der Waals surface area contributed by atoms with Gasteiger partial charge in [0.25, 0.3) is 0 Å². The lowest BCUT2D eigenvalue weighted by molar-refractivity contribution is 0.0599. The number of nitrogens with one attached hydrogen (secondary N) is 1. The van der Waals surface area contributed by atoms with Crippen LogP contribution in [0.1, 0.15) is 39.0 Å². The zero-order valence-corrected chi connectivity index (χ0v) is 14.2. The second kappa shape index (κ2) is 6.49. The summed E-state index contributed by atoms with van der Waals surface area (Å²) in [6.07, 6.45) is 0. The number of carbonyl (C=O) groups is 2. The molecule has 0 radical (unpaired) electrons. The minimum Gasteiger partial charge on any atom is -0.465 e. The fourth-order valence-corrected chi connectivity index (χ4v) is 3.92. The number of nitrogens with two attached hydrogens (primary N) is 1. The Morgan fingerprint density at radius 3 is 2.59 bits per heavy atom. The van der Waals surface area contributed by atoms with Gasteiger partial charge in [-0.1, -0.05) is 23.1 Å². The number of thioether (sulfide) groups is 1. The molecule has 7 nitrogen and oxygen atoms in total. The lowest BCUT2D eigenvalue weighted by Crippen LogP contribution is -2.15. The van der Waals surface area contributed by atoms with Crippen LogP contribution >= 0.6 is 23.1 Å². The van der Waals surface area contributed by atoms with Gasteiger partial charge in [-0.05, 0) is 26.3 Å². The summed E-state index contributed by atoms with van der Waals surface area (Å²) in [5, 5.41) is 7.59. The van der Waals surface area contributed by atoms with E-state index < -0.39 is 5.97 Å². The number of Topliss-reactive ketones (excluding diaryl/α,β-unsaturated/α-hetero) is 1. The van der Waals surface area contributed by atoms with E-state index in [1.54, 1.807) is 20.8 Å². The van der Waals surface area contributed by atoms with Crippen LogP contribution in [-0.4, -0.2) is 39.3 Å². The zero-order chi connectivity index (χ0) is 16.4. The Morgan fingerprint density at radius 1 is 1.36 bits per heavy atom. The van der Waals surface area contributed by atoms with Gasteiger partial charge in [-0.2, -0.15) is 0 Å². The summed E-state index contributed by atoms with van der Waals surface area (Å²) < 4.78 is 5.38. The van der Waals surface area contributed by atoms with Gasteiger partial charge >= 0.3 is 5.97 Å². The zero-order valence-electron chi connectivity index (χ0n) is 12.6. The van der Waals surface area contributed by atoms with Gasteiger partial charge in [-0.3, -0.25) is 4.79 Å². The molecule has 2 rings (SSSR count). The number of aromatic amines is 1. The van der Waals surface area contributed by atoms with Gasteiger partial charge in [0.1, 0.15) is 0 Å². The van der Waals surface area contributed by atoms with E-state index in [4.69, 9.17) is 10.5 Å². The molecule has 1 atom stereocenters. The van der Waals surface area contributed by atoms with Crippen molar-refractivity contribution in [3.05, 3.63) is 22.5 Å². The Bertz CT molecular complexity index is 723. The van der Waals surface area contributed by atoms with Crippen LogP contribution in [0.3, 0.4) is 0 Å². The number of H-pyrrole nitrogens is 1. The number of aromatic nitrogens is 3. The van der Waals surface area contributed by atoms with E-state index in [2.05, 4.69) is 15.2 Å². The number of nitrogen functional groups attached to an aromatic ring is 1. The van der Waals surface area contributed by atoms with E-state index in [0.29, 0.717) is 32.0 Å². The second-order valence-corrected chi connectivity index (χ2v) is 7.24. The number of hydrogen-bond donors (Lipinski definition) is 2. The average Bonchev–Trinajstić information content (AvgIpc) is 3.00. The molecule has 118 valence electrons. The highest BCUT2D eigenvalue weighted by molar-refractivity contribution is 8.02. The van der Waals surface area contributed by atoms with Gasteiger partial charge in [0, 0.05) is 5.69 Å². The van der Waals surface area contributed by atoms with Crippen LogP contribution in [0.2, 0.25) is 0 Å². The van der Waals surface area contributed by atoms with Gasteiger partial charge in [0.15, 0.2) is 10.1 Å². The van der Waals surface area contributed by atoms with Crippen LogP contribution in [0.4, 0.5) is 5.13 Å². The molecule has 0 saturated carbocycles. The first kappa shape index (κ1) is 16.5. The van der Waals surface area contributed by atoms with Crippen LogP contribution in [0.5, 0.6) is 0 Å². The van der Waals surface area contributed by atoms with Crippen LogP contribution in [0.15, 0.2) is 4.34 Å². The molecule has 0 aliphatic rings. The summed E-state index contributed by atoms with van der Waals surface area (Å²) in [6, 6.07) is 0. The van der Waals surface area contributed by atoms with Crippen molar-refractivity contribution in [3.63, 3.8) is 0 Å². The van der Waals surface area contributed by atoms with Gasteiger partial charge in [0.2, 0.25) is 5.13 Å². The summed E-state index contributed by atoms with van der Waals surface area (Å²) in [7, 11) is 1.31. The maximum atomic E-state index is 12.6. The van der Waals surface area contributed by atoms with E-state index in [0.717, 1.165) is 0 Å². The summed E-state index contributed by atoms with van der Waals surface area (Å²) in [5.74, 6) is -0.572. The number of anilines is 1. The smallest absolute Gasteiger partial charge is 0.339 e. The first-order chi connectivity index (χ1) is 10.3. The molecule has 0 aliphatic heterocycles. The summed E-state index contributed by atoms with van der Waals surface area (Å²) in [4.78, 5) is 27.3. The molecule has 0 spiro atoms. The molecular formula is C13H16N4O3S2. The molecule has 0 bridgehead atoms. The predicted octanol–water partition coefficient (Wildman–Crippen LogP) is 2.22. The van der Waals surface area contributed by atoms with Crippen molar-refractivity contribution in [2.45, 2.75) is 30.4 Å². The van der Waals surface area contributed by atoms with E-state index in [1.807, 2.05) is 0 Å². The minimum atomic E-state index is -0.456. The predicted molar refractivity (Wildman–Crippen MR) is 85.6 cm³/mol. The molecule has 0 saturated heterocycles. The fraction of sp³-hybridized carbons (Fsp3) is 0.385. The van der Waals surface area contributed by atoms with Gasteiger partial charge in [-0.25, -0.2) is 4.79 Å². The Morgan fingerprint density at radius 2 is 2.05 bits per heavy atom. The number of nitrogens with zero attached hydrogens (tertiary/aromatic N) is 2. The van der Waals surface area contributed by atoms with E-state index in [-0.39, 0.29) is 11.0 Å². The molecule has 0 amide bonds. The van der Waals surface area contributed by atoms with Crippen LogP contribution in [0, 0.1) is 13.8 Å². The maximum Gasteiger partial charge on any atom is 0.339 e. The normalized spacial score (nSPS) is 12.2. The van der Waals surface area contributed by atoms with E-state index >= 15 is 0 Å². The number of ether oxygens (including phenoxy) is 1. The quantitative estimate of drug-likeness (QED) is 0.487. The first-order valence-electron chi connectivity index (χ1n) is 6.42.